The Balaban J connectivity index is 1.70. The van der Waals surface area contributed by atoms with Gasteiger partial charge >= 0.3 is 0 Å². The van der Waals surface area contributed by atoms with E-state index in [2.05, 4.69) is 20.6 Å². The van der Waals surface area contributed by atoms with Crippen molar-refractivity contribution in [2.24, 2.45) is 0 Å². The van der Waals surface area contributed by atoms with E-state index in [0.717, 1.165) is 23.0 Å². The molecule has 7 nitrogen and oxygen atoms in total. The van der Waals surface area contributed by atoms with Crippen LogP contribution in [0.25, 0.3) is 10.9 Å². The molecule has 1 aliphatic rings. The standard InChI is InChI=1S/C21H23ClFN5O2/c1-28(2)12-26-19-8-15-18(9-20(19)30-14-5-6-29-10-14)24-11-25-21(15)27-13-3-4-17(23)16(22)7-13/h3-4,7-9,11,14,26H,5-6,10,12H2,1-2H3,(H,24,25,27)/t14-/m0/s1. The first kappa shape index (κ1) is 20.6. The fourth-order valence-corrected chi connectivity index (χ4v) is 3.34. The third kappa shape index (κ3) is 4.72. The van der Waals surface area contributed by atoms with Gasteiger partial charge < -0.3 is 20.1 Å². The van der Waals surface area contributed by atoms with Crippen molar-refractivity contribution in [3.8, 4) is 5.75 Å². The fraction of sp³-hybridized carbons (Fsp3) is 0.333. The summed E-state index contributed by atoms with van der Waals surface area (Å²) >= 11 is 5.91. The average Bonchev–Trinajstić information content (AvgIpc) is 3.22. The van der Waals surface area contributed by atoms with Gasteiger partial charge in [-0.2, -0.15) is 0 Å². The van der Waals surface area contributed by atoms with Crippen LogP contribution < -0.4 is 15.4 Å². The number of nitrogens with one attached hydrogen (secondary N) is 2. The van der Waals surface area contributed by atoms with E-state index >= 15 is 0 Å². The van der Waals surface area contributed by atoms with Gasteiger partial charge in [-0.15, -0.1) is 0 Å². The summed E-state index contributed by atoms with van der Waals surface area (Å²) in [4.78, 5) is 10.8. The molecule has 1 atom stereocenters. The lowest BCUT2D eigenvalue weighted by molar-refractivity contribution is 0.142. The first-order chi connectivity index (χ1) is 14.5. The van der Waals surface area contributed by atoms with Gasteiger partial charge in [0.25, 0.3) is 0 Å². The van der Waals surface area contributed by atoms with Gasteiger partial charge in [0.05, 0.1) is 36.1 Å². The molecule has 1 aliphatic heterocycles. The van der Waals surface area contributed by atoms with Crippen LogP contribution in [-0.2, 0) is 4.74 Å². The smallest absolute Gasteiger partial charge is 0.145 e. The zero-order valence-electron chi connectivity index (χ0n) is 16.8. The van der Waals surface area contributed by atoms with Crippen molar-refractivity contribution in [3.63, 3.8) is 0 Å². The van der Waals surface area contributed by atoms with Gasteiger partial charge in [-0.25, -0.2) is 14.4 Å². The maximum absolute atomic E-state index is 13.5. The lowest BCUT2D eigenvalue weighted by Gasteiger charge is -2.20. The summed E-state index contributed by atoms with van der Waals surface area (Å²) in [5, 5.41) is 7.43. The molecule has 4 rings (SSSR count). The second-order valence-electron chi connectivity index (χ2n) is 7.36. The molecule has 3 aromatic rings. The first-order valence-electron chi connectivity index (χ1n) is 9.63. The van der Waals surface area contributed by atoms with Crippen LogP contribution in [0.3, 0.4) is 0 Å². The van der Waals surface area contributed by atoms with Crippen LogP contribution >= 0.6 is 11.6 Å². The van der Waals surface area contributed by atoms with Crippen LogP contribution in [0.4, 0.5) is 21.6 Å². The van der Waals surface area contributed by atoms with E-state index in [1.165, 1.54) is 18.5 Å². The Hall–Kier alpha value is -2.68. The number of benzene rings is 2. The normalized spacial score (nSPS) is 16.2. The highest BCUT2D eigenvalue weighted by atomic mass is 35.5. The Kier molecular flexibility index (Phi) is 6.17. The molecule has 0 spiro atoms. The number of nitrogens with zero attached hydrogens (tertiary/aromatic N) is 3. The zero-order valence-corrected chi connectivity index (χ0v) is 17.5. The third-order valence-electron chi connectivity index (χ3n) is 4.69. The number of hydrogen-bond donors (Lipinski definition) is 2. The quantitative estimate of drug-likeness (QED) is 0.541. The monoisotopic (exact) mass is 431 g/mol. The number of halogens is 2. The summed E-state index contributed by atoms with van der Waals surface area (Å²) < 4.78 is 25.1. The Labute approximate surface area is 179 Å². The molecule has 1 fully saturated rings. The lowest BCUT2D eigenvalue weighted by atomic mass is 10.1. The van der Waals surface area contributed by atoms with Gasteiger partial charge in [0.2, 0.25) is 0 Å². The van der Waals surface area contributed by atoms with Crippen molar-refractivity contribution in [2.75, 3.05) is 44.6 Å². The molecule has 0 amide bonds. The molecule has 2 heterocycles. The molecule has 0 unspecified atom stereocenters. The first-order valence-corrected chi connectivity index (χ1v) is 10.0. The Morgan fingerprint density at radius 2 is 2.13 bits per heavy atom. The van der Waals surface area contributed by atoms with Crippen molar-refractivity contribution >= 4 is 39.7 Å². The van der Waals surface area contributed by atoms with Gasteiger partial charge in [0.1, 0.15) is 29.8 Å². The highest BCUT2D eigenvalue weighted by molar-refractivity contribution is 6.31. The highest BCUT2D eigenvalue weighted by Gasteiger charge is 2.20. The number of fused-ring (bicyclic) bond motifs is 1. The van der Waals surface area contributed by atoms with E-state index in [-0.39, 0.29) is 11.1 Å². The molecule has 30 heavy (non-hydrogen) atoms. The van der Waals surface area contributed by atoms with Gasteiger partial charge in [0, 0.05) is 23.6 Å². The molecule has 0 aliphatic carbocycles. The highest BCUT2D eigenvalue weighted by Crippen LogP contribution is 2.35. The Morgan fingerprint density at radius 1 is 1.27 bits per heavy atom. The van der Waals surface area contributed by atoms with E-state index in [1.54, 1.807) is 6.07 Å². The molecule has 0 saturated carbocycles. The summed E-state index contributed by atoms with van der Waals surface area (Å²) in [7, 11) is 3.96. The molecule has 0 bridgehead atoms. The van der Waals surface area contributed by atoms with E-state index in [9.17, 15) is 4.39 Å². The molecule has 158 valence electrons. The SMILES string of the molecule is CN(C)CNc1cc2c(Nc3ccc(F)c(Cl)c3)ncnc2cc1O[C@H]1CCOC1. The van der Waals surface area contributed by atoms with Crippen LogP contribution in [0.5, 0.6) is 5.75 Å². The molecular formula is C21H23ClFN5O2. The van der Waals surface area contributed by atoms with Crippen molar-refractivity contribution in [1.29, 1.82) is 0 Å². The molecule has 1 aromatic heterocycles. The minimum atomic E-state index is -0.470. The predicted octanol–water partition coefficient (Wildman–Crippen LogP) is 4.26. The van der Waals surface area contributed by atoms with E-state index in [4.69, 9.17) is 21.1 Å². The van der Waals surface area contributed by atoms with Crippen LogP contribution in [0.15, 0.2) is 36.7 Å². The molecule has 9 heteroatoms. The maximum atomic E-state index is 13.5. The molecule has 2 N–H and O–H groups in total. The summed E-state index contributed by atoms with van der Waals surface area (Å²) in [6.45, 7) is 1.91. The van der Waals surface area contributed by atoms with Gasteiger partial charge in [-0.1, -0.05) is 11.6 Å². The van der Waals surface area contributed by atoms with Crippen molar-refractivity contribution in [1.82, 2.24) is 14.9 Å². The number of ether oxygens (including phenoxy) is 2. The summed E-state index contributed by atoms with van der Waals surface area (Å²) in [6, 6.07) is 8.30. The lowest BCUT2D eigenvalue weighted by Crippen LogP contribution is -2.22. The third-order valence-corrected chi connectivity index (χ3v) is 4.98. The fourth-order valence-electron chi connectivity index (χ4n) is 3.16. The molecule has 2 aromatic carbocycles. The van der Waals surface area contributed by atoms with E-state index in [1.807, 2.05) is 31.1 Å². The van der Waals surface area contributed by atoms with Gasteiger partial charge in [-0.05, 0) is 38.4 Å². The minimum Gasteiger partial charge on any atom is -0.486 e. The number of aromatic nitrogens is 2. The summed E-state index contributed by atoms with van der Waals surface area (Å²) in [5.74, 6) is 0.836. The number of rotatable bonds is 7. The average molecular weight is 432 g/mol. The molecule has 0 radical (unpaired) electrons. The number of anilines is 3. The van der Waals surface area contributed by atoms with E-state index in [0.29, 0.717) is 37.1 Å². The van der Waals surface area contributed by atoms with E-state index < -0.39 is 5.82 Å². The Bertz CT molecular complexity index is 1040. The van der Waals surface area contributed by atoms with Crippen molar-refractivity contribution in [2.45, 2.75) is 12.5 Å². The van der Waals surface area contributed by atoms with Crippen molar-refractivity contribution in [3.05, 3.63) is 47.5 Å². The van der Waals surface area contributed by atoms with Gasteiger partial charge in [-0.3, -0.25) is 4.90 Å². The van der Waals surface area contributed by atoms with Crippen LogP contribution in [-0.4, -0.2) is 54.9 Å². The summed E-state index contributed by atoms with van der Waals surface area (Å²) in [5.41, 5.74) is 2.19. The molecule has 1 saturated heterocycles. The number of hydrogen-bond acceptors (Lipinski definition) is 7. The predicted molar refractivity (Wildman–Crippen MR) is 116 cm³/mol. The largest absolute Gasteiger partial charge is 0.486 e. The summed E-state index contributed by atoms with van der Waals surface area (Å²) in [6.07, 6.45) is 2.35. The second-order valence-corrected chi connectivity index (χ2v) is 7.77. The van der Waals surface area contributed by atoms with Crippen molar-refractivity contribution < 1.29 is 13.9 Å². The van der Waals surface area contributed by atoms with Gasteiger partial charge in [0.15, 0.2) is 0 Å². The topological polar surface area (TPSA) is 71.5 Å². The maximum Gasteiger partial charge on any atom is 0.145 e. The van der Waals surface area contributed by atoms with Crippen LogP contribution in [0.2, 0.25) is 5.02 Å². The second kappa shape index (κ2) is 8.99. The Morgan fingerprint density at radius 3 is 2.87 bits per heavy atom. The van der Waals surface area contributed by atoms with Crippen LogP contribution in [0.1, 0.15) is 6.42 Å². The zero-order chi connectivity index (χ0) is 21.1. The molecular weight excluding hydrogens is 409 g/mol. The minimum absolute atomic E-state index is 0.0168. The van der Waals surface area contributed by atoms with Crippen LogP contribution in [0, 0.1) is 5.82 Å².